The first-order valence-corrected chi connectivity index (χ1v) is 8.43. The van der Waals surface area contributed by atoms with Crippen molar-refractivity contribution in [1.82, 2.24) is 0 Å². The van der Waals surface area contributed by atoms with E-state index in [1.54, 1.807) is 12.1 Å². The lowest BCUT2D eigenvalue weighted by molar-refractivity contribution is 0.0696. The molecule has 4 rings (SSSR count). The van der Waals surface area contributed by atoms with Crippen LogP contribution in [0.25, 0.3) is 0 Å². The number of carbonyl (C=O) groups excluding carboxylic acids is 2. The summed E-state index contributed by atoms with van der Waals surface area (Å²) in [6.45, 7) is 0. The number of amides is 2. The largest absolute Gasteiger partial charge is 0.478 e. The van der Waals surface area contributed by atoms with Gasteiger partial charge < -0.3 is 5.11 Å². The number of hydrogen-bond donors (Lipinski definition) is 1. The van der Waals surface area contributed by atoms with Crippen molar-refractivity contribution in [2.24, 2.45) is 0 Å². The average Bonchev–Trinajstić information content (AvgIpc) is 2.93. The van der Waals surface area contributed by atoms with Crippen LogP contribution in [0, 0.1) is 0 Å². The number of rotatable bonds is 4. The van der Waals surface area contributed by atoms with Crippen LogP contribution in [0.15, 0.2) is 72.8 Å². The van der Waals surface area contributed by atoms with E-state index in [9.17, 15) is 14.4 Å². The summed E-state index contributed by atoms with van der Waals surface area (Å²) < 4.78 is 0. The van der Waals surface area contributed by atoms with Gasteiger partial charge in [-0.15, -0.1) is 0 Å². The average molecular weight is 357 g/mol. The summed E-state index contributed by atoms with van der Waals surface area (Å²) in [6.07, 6.45) is 0.755. The van der Waals surface area contributed by atoms with E-state index in [4.69, 9.17) is 5.11 Å². The van der Waals surface area contributed by atoms with Gasteiger partial charge in [0.15, 0.2) is 0 Å². The predicted molar refractivity (Wildman–Crippen MR) is 100 cm³/mol. The van der Waals surface area contributed by atoms with Crippen LogP contribution >= 0.6 is 0 Å². The van der Waals surface area contributed by atoms with Crippen molar-refractivity contribution in [2.75, 3.05) is 4.90 Å². The lowest BCUT2D eigenvalue weighted by atomic mass is 10.0. The molecule has 0 saturated heterocycles. The molecule has 5 nitrogen and oxygen atoms in total. The molecule has 0 aliphatic carbocycles. The zero-order valence-corrected chi connectivity index (χ0v) is 14.3. The van der Waals surface area contributed by atoms with Gasteiger partial charge in [-0.25, -0.2) is 9.69 Å². The van der Waals surface area contributed by atoms with Gasteiger partial charge in [0.2, 0.25) is 0 Å². The van der Waals surface area contributed by atoms with Crippen LogP contribution in [-0.4, -0.2) is 22.9 Å². The van der Waals surface area contributed by atoms with Crippen LogP contribution in [0.2, 0.25) is 0 Å². The molecule has 3 aromatic carbocycles. The van der Waals surface area contributed by atoms with E-state index in [2.05, 4.69) is 0 Å². The van der Waals surface area contributed by atoms with E-state index in [0.717, 1.165) is 16.9 Å². The van der Waals surface area contributed by atoms with E-state index >= 15 is 0 Å². The summed E-state index contributed by atoms with van der Waals surface area (Å²) >= 11 is 0. The van der Waals surface area contributed by atoms with Gasteiger partial charge in [-0.3, -0.25) is 9.59 Å². The predicted octanol–water partition coefficient (Wildman–Crippen LogP) is 3.78. The van der Waals surface area contributed by atoms with Gasteiger partial charge in [0.05, 0.1) is 22.4 Å². The summed E-state index contributed by atoms with van der Waals surface area (Å²) in [7, 11) is 0. The number of carboxylic acid groups (broad SMARTS) is 1. The number of imide groups is 1. The Bertz CT molecular complexity index is 1060. The number of carboxylic acids is 1. The standard InChI is InChI=1S/C22H15NO4/c24-20-18-11-8-16(22(26)27)13-19(18)21(25)23(20)17-9-6-15(7-10-17)12-14-4-2-1-3-5-14/h1-11,13H,12H2,(H,26,27). The molecule has 0 radical (unpaired) electrons. The maximum absolute atomic E-state index is 12.7. The van der Waals surface area contributed by atoms with Gasteiger partial charge in [0.25, 0.3) is 11.8 Å². The molecule has 132 valence electrons. The Morgan fingerprint density at radius 1 is 0.778 bits per heavy atom. The number of anilines is 1. The highest BCUT2D eigenvalue weighted by Crippen LogP contribution is 2.29. The molecule has 0 saturated carbocycles. The maximum atomic E-state index is 12.7. The zero-order valence-electron chi connectivity index (χ0n) is 14.3. The molecule has 1 heterocycles. The highest BCUT2D eigenvalue weighted by atomic mass is 16.4. The quantitative estimate of drug-likeness (QED) is 0.721. The first kappa shape index (κ1) is 16.7. The number of benzene rings is 3. The van der Waals surface area contributed by atoms with Gasteiger partial charge in [0.1, 0.15) is 0 Å². The van der Waals surface area contributed by atoms with Gasteiger partial charge in [-0.05, 0) is 47.9 Å². The third kappa shape index (κ3) is 3.00. The van der Waals surface area contributed by atoms with Crippen LogP contribution in [-0.2, 0) is 6.42 Å². The second-order valence-corrected chi connectivity index (χ2v) is 6.34. The second-order valence-electron chi connectivity index (χ2n) is 6.34. The molecule has 0 bridgehead atoms. The second kappa shape index (κ2) is 6.53. The lowest BCUT2D eigenvalue weighted by Gasteiger charge is -2.14. The minimum absolute atomic E-state index is 0.0186. The zero-order chi connectivity index (χ0) is 19.0. The van der Waals surface area contributed by atoms with Crippen LogP contribution in [0.3, 0.4) is 0 Å². The molecule has 1 N–H and O–H groups in total. The molecular weight excluding hydrogens is 342 g/mol. The fourth-order valence-corrected chi connectivity index (χ4v) is 3.20. The molecule has 27 heavy (non-hydrogen) atoms. The van der Waals surface area contributed by atoms with Crippen molar-refractivity contribution in [3.8, 4) is 0 Å². The number of hydrogen-bond acceptors (Lipinski definition) is 3. The Morgan fingerprint density at radius 3 is 2.07 bits per heavy atom. The molecule has 1 aliphatic rings. The molecule has 0 fully saturated rings. The van der Waals surface area contributed by atoms with E-state index in [-0.39, 0.29) is 16.7 Å². The first-order chi connectivity index (χ1) is 13.0. The SMILES string of the molecule is O=C(O)c1ccc2c(c1)C(=O)N(c1ccc(Cc3ccccc3)cc1)C2=O. The van der Waals surface area contributed by atoms with Crippen molar-refractivity contribution in [1.29, 1.82) is 0 Å². The molecule has 3 aromatic rings. The Balaban J connectivity index is 1.61. The monoisotopic (exact) mass is 357 g/mol. The van der Waals surface area contributed by atoms with Crippen molar-refractivity contribution in [3.63, 3.8) is 0 Å². The number of carbonyl (C=O) groups is 3. The summed E-state index contributed by atoms with van der Waals surface area (Å²) in [6, 6.07) is 21.2. The van der Waals surface area contributed by atoms with Gasteiger partial charge in [0, 0.05) is 0 Å². The highest BCUT2D eigenvalue weighted by Gasteiger charge is 2.37. The van der Waals surface area contributed by atoms with Crippen LogP contribution in [0.4, 0.5) is 5.69 Å². The third-order valence-corrected chi connectivity index (χ3v) is 4.58. The summed E-state index contributed by atoms with van der Waals surface area (Å²) in [4.78, 5) is 37.5. The number of aromatic carboxylic acids is 1. The maximum Gasteiger partial charge on any atom is 0.335 e. The molecule has 0 atom stereocenters. The summed E-state index contributed by atoms with van der Waals surface area (Å²) in [5.41, 5.74) is 3.03. The Labute approximate surface area is 155 Å². The molecule has 1 aliphatic heterocycles. The third-order valence-electron chi connectivity index (χ3n) is 4.58. The van der Waals surface area contributed by atoms with Crippen molar-refractivity contribution in [2.45, 2.75) is 6.42 Å². The van der Waals surface area contributed by atoms with E-state index < -0.39 is 17.8 Å². The smallest absolute Gasteiger partial charge is 0.335 e. The normalized spacial score (nSPS) is 13.0. The van der Waals surface area contributed by atoms with Gasteiger partial charge >= 0.3 is 5.97 Å². The Kier molecular flexibility index (Phi) is 4.05. The van der Waals surface area contributed by atoms with E-state index in [1.807, 2.05) is 42.5 Å². The summed E-state index contributed by atoms with van der Waals surface area (Å²) in [5, 5.41) is 9.09. The molecule has 0 unspecified atom stereocenters. The highest BCUT2D eigenvalue weighted by molar-refractivity contribution is 6.34. The van der Waals surface area contributed by atoms with E-state index in [1.165, 1.54) is 23.8 Å². The van der Waals surface area contributed by atoms with Crippen molar-refractivity contribution in [3.05, 3.63) is 101 Å². The van der Waals surface area contributed by atoms with Crippen LogP contribution in [0.5, 0.6) is 0 Å². The number of nitrogens with zero attached hydrogens (tertiary/aromatic N) is 1. The molecule has 2 amide bonds. The van der Waals surface area contributed by atoms with Crippen molar-refractivity contribution < 1.29 is 19.5 Å². The Hall–Kier alpha value is -3.73. The van der Waals surface area contributed by atoms with Gasteiger partial charge in [-0.1, -0.05) is 42.5 Å². The van der Waals surface area contributed by atoms with E-state index in [0.29, 0.717) is 5.69 Å². The fraction of sp³-hybridized carbons (Fsp3) is 0.0455. The fourth-order valence-electron chi connectivity index (χ4n) is 3.20. The Morgan fingerprint density at radius 2 is 1.41 bits per heavy atom. The lowest BCUT2D eigenvalue weighted by Crippen LogP contribution is -2.29. The molecule has 5 heteroatoms. The van der Waals surface area contributed by atoms with Crippen LogP contribution in [0.1, 0.15) is 42.2 Å². The molecular formula is C22H15NO4. The van der Waals surface area contributed by atoms with Crippen molar-refractivity contribution >= 4 is 23.5 Å². The van der Waals surface area contributed by atoms with Gasteiger partial charge in [-0.2, -0.15) is 0 Å². The molecule has 0 aromatic heterocycles. The van der Waals surface area contributed by atoms with Crippen LogP contribution < -0.4 is 4.90 Å². The number of fused-ring (bicyclic) bond motifs is 1. The minimum Gasteiger partial charge on any atom is -0.478 e. The molecule has 0 spiro atoms. The summed E-state index contributed by atoms with van der Waals surface area (Å²) in [5.74, 6) is -2.08. The topological polar surface area (TPSA) is 74.7 Å². The first-order valence-electron chi connectivity index (χ1n) is 8.43. The minimum atomic E-state index is -1.14.